The third-order valence-corrected chi connectivity index (χ3v) is 7.56. The summed E-state index contributed by atoms with van der Waals surface area (Å²) in [5.41, 5.74) is 1.01. The molecule has 1 saturated heterocycles. The Kier molecular flexibility index (Phi) is 15.3. The fraction of sp³-hybridized carbons (Fsp3) is 0.333. The lowest BCUT2D eigenvalue weighted by Gasteiger charge is -2.36. The smallest absolute Gasteiger partial charge is 0.416 e. The van der Waals surface area contributed by atoms with E-state index < -0.39 is 35.6 Å². The molecule has 0 aliphatic carbocycles. The minimum Gasteiger partial charge on any atom is -0.478 e. The third kappa shape index (κ3) is 13.3. The molecule has 5 N–H and O–H groups in total. The summed E-state index contributed by atoms with van der Waals surface area (Å²) in [6.45, 7) is 6.29. The minimum absolute atomic E-state index is 0.186. The molecule has 0 spiro atoms. The Balaban J connectivity index is 0.000000381. The molecule has 0 unspecified atom stereocenters. The molecule has 0 radical (unpaired) electrons. The van der Waals surface area contributed by atoms with Crippen LogP contribution in [0.4, 0.5) is 24.5 Å². The zero-order valence-corrected chi connectivity index (χ0v) is 25.3. The molecular formula is C30H34F3N3O9S. The van der Waals surface area contributed by atoms with Gasteiger partial charge in [-0.15, -0.1) is 0 Å². The zero-order valence-electron chi connectivity index (χ0n) is 24.5. The van der Waals surface area contributed by atoms with Gasteiger partial charge in [0.05, 0.1) is 23.5 Å². The molecule has 0 atom stereocenters. The van der Waals surface area contributed by atoms with Crippen molar-refractivity contribution in [1.82, 2.24) is 9.80 Å². The van der Waals surface area contributed by atoms with Crippen LogP contribution in [-0.2, 0) is 25.4 Å². The minimum atomic E-state index is -4.35. The summed E-state index contributed by atoms with van der Waals surface area (Å²) >= 11 is 1.53. The summed E-state index contributed by atoms with van der Waals surface area (Å²) in [6.07, 6.45) is -1.25. The number of piperazine rings is 1. The molecule has 16 heteroatoms. The second-order valence-corrected chi connectivity index (χ2v) is 10.8. The molecule has 0 bridgehead atoms. The number of hydrogen-bond donors (Lipinski definition) is 5. The number of alkyl halides is 3. The number of β-amino-alcohol motifs (C(OH)–C–C–N with tert-alkyl or cyclic N) is 1. The van der Waals surface area contributed by atoms with Crippen LogP contribution in [0.1, 0.15) is 12.0 Å². The Morgan fingerprint density at radius 3 is 1.65 bits per heavy atom. The maximum atomic E-state index is 13.3. The summed E-state index contributed by atoms with van der Waals surface area (Å²) in [6, 6.07) is 11.9. The standard InChI is InChI=1S/C22H26F3N3OS.2C4H4O4/c23-22(24,25)17-6-7-21-19(16-17)28(18-4-1-2-5-20(18)30-21)9-3-8-26-10-12-27(13-11-26)14-15-29;2*5-3(6)1-2-4(7)8/h1-2,4-7,16,29H,3,8-15H2;2*1-2H,(H,5,6)(H,7,8). The van der Waals surface area contributed by atoms with Gasteiger partial charge in [0, 0.05) is 73.4 Å². The number of para-hydroxylation sites is 1. The van der Waals surface area contributed by atoms with Gasteiger partial charge in [-0.05, 0) is 43.3 Å². The van der Waals surface area contributed by atoms with Crippen LogP contribution in [0, 0.1) is 0 Å². The Morgan fingerprint density at radius 1 is 0.696 bits per heavy atom. The number of carboxylic acids is 4. The average molecular weight is 670 g/mol. The van der Waals surface area contributed by atoms with E-state index in [-0.39, 0.29) is 6.61 Å². The maximum Gasteiger partial charge on any atom is 0.416 e. The van der Waals surface area contributed by atoms with Crippen molar-refractivity contribution < 1.29 is 57.9 Å². The summed E-state index contributed by atoms with van der Waals surface area (Å²) < 4.78 is 39.9. The predicted molar refractivity (Wildman–Crippen MR) is 162 cm³/mol. The van der Waals surface area contributed by atoms with E-state index in [1.165, 1.54) is 23.9 Å². The van der Waals surface area contributed by atoms with Crippen molar-refractivity contribution >= 4 is 47.0 Å². The molecule has 2 aliphatic rings. The van der Waals surface area contributed by atoms with Gasteiger partial charge in [-0.25, -0.2) is 19.2 Å². The van der Waals surface area contributed by atoms with Gasteiger partial charge < -0.3 is 35.3 Å². The molecule has 46 heavy (non-hydrogen) atoms. The molecule has 12 nitrogen and oxygen atoms in total. The van der Waals surface area contributed by atoms with Crippen LogP contribution in [0.15, 0.2) is 76.6 Å². The fourth-order valence-electron chi connectivity index (χ4n) is 4.36. The fourth-order valence-corrected chi connectivity index (χ4v) is 5.44. The van der Waals surface area contributed by atoms with Crippen LogP contribution in [0.3, 0.4) is 0 Å². The lowest BCUT2D eigenvalue weighted by Crippen LogP contribution is -2.47. The van der Waals surface area contributed by atoms with Gasteiger partial charge >= 0.3 is 30.1 Å². The highest BCUT2D eigenvalue weighted by molar-refractivity contribution is 7.99. The lowest BCUT2D eigenvalue weighted by atomic mass is 10.1. The van der Waals surface area contributed by atoms with Gasteiger partial charge in [0.2, 0.25) is 0 Å². The van der Waals surface area contributed by atoms with Gasteiger partial charge in [-0.2, -0.15) is 13.2 Å². The normalized spacial score (nSPS) is 14.8. The van der Waals surface area contributed by atoms with Crippen LogP contribution < -0.4 is 4.90 Å². The highest BCUT2D eigenvalue weighted by Gasteiger charge is 2.33. The number of nitrogens with zero attached hydrogens (tertiary/aromatic N) is 3. The Labute approximate surface area is 266 Å². The number of rotatable bonds is 10. The summed E-state index contributed by atoms with van der Waals surface area (Å²) in [5, 5.41) is 40.3. The number of carbonyl (C=O) groups is 4. The number of aliphatic carboxylic acids is 4. The number of anilines is 2. The van der Waals surface area contributed by atoms with Crippen LogP contribution in [0.2, 0.25) is 0 Å². The van der Waals surface area contributed by atoms with Gasteiger partial charge in [-0.1, -0.05) is 23.9 Å². The molecule has 250 valence electrons. The molecular weight excluding hydrogens is 635 g/mol. The van der Waals surface area contributed by atoms with Crippen molar-refractivity contribution in [2.45, 2.75) is 22.4 Å². The predicted octanol–water partition coefficient (Wildman–Crippen LogP) is 3.73. The number of carboxylic acid groups (broad SMARTS) is 4. The van der Waals surface area contributed by atoms with Gasteiger partial charge in [-0.3, -0.25) is 4.90 Å². The monoisotopic (exact) mass is 669 g/mol. The van der Waals surface area contributed by atoms with Crippen LogP contribution in [0.25, 0.3) is 0 Å². The molecule has 2 heterocycles. The van der Waals surface area contributed by atoms with Crippen molar-refractivity contribution in [3.8, 4) is 0 Å². The first kappa shape index (κ1) is 37.8. The van der Waals surface area contributed by atoms with E-state index in [1.54, 1.807) is 6.07 Å². The number of aliphatic hydroxyl groups is 1. The number of hydrogen-bond acceptors (Lipinski definition) is 9. The molecule has 2 aromatic rings. The van der Waals surface area contributed by atoms with E-state index in [0.717, 1.165) is 54.6 Å². The Bertz CT molecular complexity index is 1350. The number of fused-ring (bicyclic) bond motifs is 2. The van der Waals surface area contributed by atoms with Crippen molar-refractivity contribution in [1.29, 1.82) is 0 Å². The van der Waals surface area contributed by atoms with E-state index >= 15 is 0 Å². The highest BCUT2D eigenvalue weighted by atomic mass is 32.2. The van der Waals surface area contributed by atoms with Crippen molar-refractivity contribution in [2.24, 2.45) is 0 Å². The maximum absolute atomic E-state index is 13.3. The van der Waals surface area contributed by atoms with Crippen molar-refractivity contribution in [3.05, 3.63) is 72.3 Å². The summed E-state index contributed by atoms with van der Waals surface area (Å²) in [5.74, 6) is -5.03. The average Bonchev–Trinajstić information content (AvgIpc) is 2.99. The van der Waals surface area contributed by atoms with Gasteiger partial charge in [0.15, 0.2) is 0 Å². The zero-order chi connectivity index (χ0) is 34.3. The first-order valence-corrected chi connectivity index (χ1v) is 14.6. The first-order chi connectivity index (χ1) is 21.7. The first-order valence-electron chi connectivity index (χ1n) is 13.8. The molecule has 0 saturated carbocycles. The third-order valence-electron chi connectivity index (χ3n) is 6.43. The van der Waals surface area contributed by atoms with E-state index in [4.69, 9.17) is 25.5 Å². The quantitative estimate of drug-likeness (QED) is 0.231. The Hall–Kier alpha value is -4.38. The summed E-state index contributed by atoms with van der Waals surface area (Å²) in [4.78, 5) is 46.8. The van der Waals surface area contributed by atoms with E-state index in [1.807, 2.05) is 29.2 Å². The van der Waals surface area contributed by atoms with E-state index in [2.05, 4.69) is 9.80 Å². The molecule has 0 aromatic heterocycles. The van der Waals surface area contributed by atoms with Crippen LogP contribution in [-0.4, -0.2) is 112 Å². The number of benzene rings is 2. The van der Waals surface area contributed by atoms with Crippen LogP contribution in [0.5, 0.6) is 0 Å². The molecule has 4 rings (SSSR count). The molecule has 1 fully saturated rings. The van der Waals surface area contributed by atoms with Crippen molar-refractivity contribution in [3.63, 3.8) is 0 Å². The Morgan fingerprint density at radius 2 is 1.17 bits per heavy atom. The highest BCUT2D eigenvalue weighted by Crippen LogP contribution is 2.49. The number of aliphatic hydroxyl groups excluding tert-OH is 1. The van der Waals surface area contributed by atoms with E-state index in [0.29, 0.717) is 43.1 Å². The van der Waals surface area contributed by atoms with Gasteiger partial charge in [0.25, 0.3) is 0 Å². The van der Waals surface area contributed by atoms with Gasteiger partial charge in [0.1, 0.15) is 0 Å². The lowest BCUT2D eigenvalue weighted by molar-refractivity contribution is -0.137. The van der Waals surface area contributed by atoms with Crippen LogP contribution >= 0.6 is 11.8 Å². The second kappa shape index (κ2) is 18.6. The molecule has 2 aliphatic heterocycles. The second-order valence-electron chi connectivity index (χ2n) is 9.68. The molecule has 0 amide bonds. The molecule has 2 aromatic carbocycles. The van der Waals surface area contributed by atoms with E-state index in [9.17, 15) is 32.3 Å². The topological polar surface area (TPSA) is 179 Å². The number of halogens is 3. The summed E-state index contributed by atoms with van der Waals surface area (Å²) in [7, 11) is 0. The largest absolute Gasteiger partial charge is 0.478 e. The SMILES string of the molecule is O=C(O)C=CC(=O)O.O=C(O)C=CC(=O)O.OCCN1CCN(CCCN2c3ccccc3Sc3ccc(C(F)(F)F)cc32)CC1. The van der Waals surface area contributed by atoms with Crippen molar-refractivity contribution in [2.75, 3.05) is 57.3 Å².